The van der Waals surface area contributed by atoms with Crippen molar-refractivity contribution in [3.05, 3.63) is 88.2 Å². The van der Waals surface area contributed by atoms with Crippen molar-refractivity contribution in [3.63, 3.8) is 0 Å². The molecule has 26 heavy (non-hydrogen) atoms. The molecule has 0 saturated carbocycles. The van der Waals surface area contributed by atoms with E-state index in [0.29, 0.717) is 18.7 Å². The summed E-state index contributed by atoms with van der Waals surface area (Å²) in [6.07, 6.45) is 0.669. The van der Waals surface area contributed by atoms with E-state index in [4.69, 9.17) is 4.74 Å². The molecule has 0 unspecified atom stereocenters. The lowest BCUT2D eigenvalue weighted by atomic mass is 10.00. The summed E-state index contributed by atoms with van der Waals surface area (Å²) in [5.74, 6) is 0.393. The normalized spacial score (nSPS) is 15.6. The third kappa shape index (κ3) is 3.11. The van der Waals surface area contributed by atoms with Crippen LogP contribution in [-0.2, 0) is 0 Å². The molecule has 1 aromatic heterocycles. The standard InChI is InChI=1S/C21H18N2O3/c24-20-16(10-11-17(22-20)14-6-2-1-3-7-14)21(25)23-18-12-13-26-19-9-5-4-8-15(18)19/h1-11,18H,12-13H2,(H,22,24)(H,23,25)/t18-/m0/s1. The first-order chi connectivity index (χ1) is 12.7. The Kier molecular flexibility index (Phi) is 4.27. The summed E-state index contributed by atoms with van der Waals surface area (Å²) in [4.78, 5) is 27.8. The zero-order valence-electron chi connectivity index (χ0n) is 14.1. The number of rotatable bonds is 3. The predicted octanol–water partition coefficient (Wildman–Crippen LogP) is 3.30. The molecule has 0 saturated heterocycles. The van der Waals surface area contributed by atoms with E-state index >= 15 is 0 Å². The van der Waals surface area contributed by atoms with Crippen LogP contribution in [0.1, 0.15) is 28.4 Å². The maximum Gasteiger partial charge on any atom is 0.261 e. The first-order valence-corrected chi connectivity index (χ1v) is 8.54. The Balaban J connectivity index is 1.57. The van der Waals surface area contributed by atoms with Gasteiger partial charge >= 0.3 is 0 Å². The van der Waals surface area contributed by atoms with Crippen LogP contribution in [0.5, 0.6) is 5.75 Å². The summed E-state index contributed by atoms with van der Waals surface area (Å²) < 4.78 is 5.61. The summed E-state index contributed by atoms with van der Waals surface area (Å²) in [6, 6.07) is 20.3. The Morgan fingerprint density at radius 2 is 1.77 bits per heavy atom. The van der Waals surface area contributed by atoms with E-state index in [0.717, 1.165) is 16.9 Å². The summed E-state index contributed by atoms with van der Waals surface area (Å²) in [5.41, 5.74) is 2.22. The number of para-hydroxylation sites is 1. The number of H-pyrrole nitrogens is 1. The Bertz CT molecular complexity index is 995. The van der Waals surface area contributed by atoms with Crippen LogP contribution < -0.4 is 15.6 Å². The van der Waals surface area contributed by atoms with Gasteiger partial charge in [-0.3, -0.25) is 9.59 Å². The van der Waals surface area contributed by atoms with Crippen molar-refractivity contribution in [1.29, 1.82) is 0 Å². The van der Waals surface area contributed by atoms with Crippen LogP contribution in [0, 0.1) is 0 Å². The zero-order valence-corrected chi connectivity index (χ0v) is 14.1. The van der Waals surface area contributed by atoms with Crippen LogP contribution in [0.4, 0.5) is 0 Å². The molecule has 0 spiro atoms. The van der Waals surface area contributed by atoms with Gasteiger partial charge in [0.25, 0.3) is 11.5 Å². The third-order valence-electron chi connectivity index (χ3n) is 4.50. The van der Waals surface area contributed by atoms with Crippen LogP contribution in [0.15, 0.2) is 71.5 Å². The SMILES string of the molecule is O=C(N[C@H]1CCOc2ccccc21)c1ccc(-c2ccccc2)[nH]c1=O. The number of carbonyl (C=O) groups is 1. The van der Waals surface area contributed by atoms with E-state index in [1.54, 1.807) is 12.1 Å². The maximum atomic E-state index is 12.6. The zero-order chi connectivity index (χ0) is 17.9. The second kappa shape index (κ2) is 6.88. The lowest BCUT2D eigenvalue weighted by Gasteiger charge is -2.26. The van der Waals surface area contributed by atoms with Gasteiger partial charge < -0.3 is 15.0 Å². The van der Waals surface area contributed by atoms with Crippen molar-refractivity contribution < 1.29 is 9.53 Å². The molecule has 2 heterocycles. The Morgan fingerprint density at radius 3 is 2.58 bits per heavy atom. The summed E-state index contributed by atoms with van der Waals surface area (Å²) in [5, 5.41) is 2.95. The van der Waals surface area contributed by atoms with Crippen LogP contribution in [0.3, 0.4) is 0 Å². The number of ether oxygens (including phenoxy) is 1. The molecular formula is C21H18N2O3. The monoisotopic (exact) mass is 346 g/mol. The second-order valence-corrected chi connectivity index (χ2v) is 6.18. The molecule has 2 aromatic carbocycles. The lowest BCUT2D eigenvalue weighted by Crippen LogP contribution is -2.35. The Morgan fingerprint density at radius 1 is 1.00 bits per heavy atom. The smallest absolute Gasteiger partial charge is 0.261 e. The number of amides is 1. The van der Waals surface area contributed by atoms with Gasteiger partial charge in [0.05, 0.1) is 12.6 Å². The number of hydrogen-bond donors (Lipinski definition) is 2. The van der Waals surface area contributed by atoms with Crippen molar-refractivity contribution in [3.8, 4) is 17.0 Å². The molecule has 0 aliphatic carbocycles. The minimum Gasteiger partial charge on any atom is -0.493 e. The Labute approximate surface area is 150 Å². The molecule has 1 atom stereocenters. The molecule has 1 aliphatic heterocycles. The number of carbonyl (C=O) groups excluding carboxylic acids is 1. The molecule has 130 valence electrons. The molecule has 1 amide bonds. The molecular weight excluding hydrogens is 328 g/mol. The molecule has 1 aliphatic rings. The second-order valence-electron chi connectivity index (χ2n) is 6.18. The van der Waals surface area contributed by atoms with E-state index in [-0.39, 0.29) is 17.5 Å². The highest BCUT2D eigenvalue weighted by molar-refractivity contribution is 5.94. The first-order valence-electron chi connectivity index (χ1n) is 8.54. The van der Waals surface area contributed by atoms with Gasteiger partial charge in [0.1, 0.15) is 11.3 Å². The fraction of sp³-hybridized carbons (Fsp3) is 0.143. The van der Waals surface area contributed by atoms with Gasteiger partial charge in [-0.05, 0) is 23.8 Å². The fourth-order valence-electron chi connectivity index (χ4n) is 3.17. The van der Waals surface area contributed by atoms with Gasteiger partial charge in [-0.25, -0.2) is 0 Å². The van der Waals surface area contributed by atoms with Crippen molar-refractivity contribution in [2.75, 3.05) is 6.61 Å². The number of pyridine rings is 1. The number of fused-ring (bicyclic) bond motifs is 1. The number of hydrogen-bond acceptors (Lipinski definition) is 3. The number of benzene rings is 2. The van der Waals surface area contributed by atoms with E-state index in [1.165, 1.54) is 0 Å². The van der Waals surface area contributed by atoms with Crippen LogP contribution in [0.25, 0.3) is 11.3 Å². The lowest BCUT2D eigenvalue weighted by molar-refractivity contribution is 0.0923. The molecule has 5 heteroatoms. The molecule has 3 aromatic rings. The summed E-state index contributed by atoms with van der Waals surface area (Å²) >= 11 is 0. The van der Waals surface area contributed by atoms with E-state index in [9.17, 15) is 9.59 Å². The number of aromatic nitrogens is 1. The average molecular weight is 346 g/mol. The number of nitrogens with one attached hydrogen (secondary N) is 2. The molecule has 0 radical (unpaired) electrons. The fourth-order valence-corrected chi connectivity index (χ4v) is 3.17. The quantitative estimate of drug-likeness (QED) is 0.764. The molecule has 5 nitrogen and oxygen atoms in total. The van der Waals surface area contributed by atoms with Crippen molar-refractivity contribution in [2.45, 2.75) is 12.5 Å². The largest absolute Gasteiger partial charge is 0.493 e. The first kappa shape index (κ1) is 16.1. The average Bonchev–Trinajstić information content (AvgIpc) is 2.69. The van der Waals surface area contributed by atoms with Crippen LogP contribution >= 0.6 is 0 Å². The molecule has 0 bridgehead atoms. The minimum atomic E-state index is -0.399. The number of aromatic amines is 1. The van der Waals surface area contributed by atoms with Crippen LogP contribution in [-0.4, -0.2) is 17.5 Å². The van der Waals surface area contributed by atoms with Gasteiger partial charge in [-0.1, -0.05) is 48.5 Å². The van der Waals surface area contributed by atoms with Gasteiger partial charge in [0.15, 0.2) is 0 Å². The van der Waals surface area contributed by atoms with E-state index in [2.05, 4.69) is 10.3 Å². The highest BCUT2D eigenvalue weighted by atomic mass is 16.5. The highest BCUT2D eigenvalue weighted by Gasteiger charge is 2.24. The predicted molar refractivity (Wildman–Crippen MR) is 99.3 cm³/mol. The van der Waals surface area contributed by atoms with Gasteiger partial charge in [0.2, 0.25) is 0 Å². The highest BCUT2D eigenvalue weighted by Crippen LogP contribution is 2.31. The van der Waals surface area contributed by atoms with Crippen LogP contribution in [0.2, 0.25) is 0 Å². The summed E-state index contributed by atoms with van der Waals surface area (Å²) in [6.45, 7) is 0.533. The van der Waals surface area contributed by atoms with Crippen molar-refractivity contribution >= 4 is 5.91 Å². The molecule has 4 rings (SSSR count). The summed E-state index contributed by atoms with van der Waals surface area (Å²) in [7, 11) is 0. The Hall–Kier alpha value is -3.34. The van der Waals surface area contributed by atoms with E-state index in [1.807, 2.05) is 54.6 Å². The minimum absolute atomic E-state index is 0.105. The third-order valence-corrected chi connectivity index (χ3v) is 4.50. The topological polar surface area (TPSA) is 71.2 Å². The molecule has 0 fully saturated rings. The van der Waals surface area contributed by atoms with Crippen molar-refractivity contribution in [1.82, 2.24) is 10.3 Å². The van der Waals surface area contributed by atoms with Gasteiger partial charge in [-0.2, -0.15) is 0 Å². The van der Waals surface area contributed by atoms with Gasteiger partial charge in [0, 0.05) is 17.7 Å². The van der Waals surface area contributed by atoms with Crippen molar-refractivity contribution in [2.24, 2.45) is 0 Å². The molecule has 2 N–H and O–H groups in total. The maximum absolute atomic E-state index is 12.6. The van der Waals surface area contributed by atoms with E-state index < -0.39 is 5.56 Å². The van der Waals surface area contributed by atoms with Gasteiger partial charge in [-0.15, -0.1) is 0 Å².